The fraction of sp³-hybridized carbons (Fsp3) is 0.346. The average molecular weight is 447 g/mol. The summed E-state index contributed by atoms with van der Waals surface area (Å²) in [5.41, 5.74) is 5.16. The molecule has 172 valence electrons. The standard InChI is InChI=1S/C26H30N4O3/c1-20-3-2-4-22(15-20)17-27-25(31)16-21-5-7-23(8-6-21)24-18-28-26(29-19-24)33-14-11-30-9-12-32-13-10-30/h2-8,15,18-19H,9-14,16-17H2,1H3,(H,27,31). The number of rotatable bonds is 9. The molecule has 0 unspecified atom stereocenters. The Morgan fingerprint density at radius 2 is 1.79 bits per heavy atom. The molecule has 0 aliphatic carbocycles. The van der Waals surface area contributed by atoms with Crippen LogP contribution < -0.4 is 10.1 Å². The van der Waals surface area contributed by atoms with Gasteiger partial charge < -0.3 is 14.8 Å². The number of hydrogen-bond acceptors (Lipinski definition) is 6. The minimum Gasteiger partial charge on any atom is -0.462 e. The number of benzene rings is 2. The highest BCUT2D eigenvalue weighted by Crippen LogP contribution is 2.19. The topological polar surface area (TPSA) is 76.6 Å². The first-order valence-corrected chi connectivity index (χ1v) is 11.3. The lowest BCUT2D eigenvalue weighted by molar-refractivity contribution is -0.120. The third-order valence-corrected chi connectivity index (χ3v) is 5.59. The number of morpholine rings is 1. The molecule has 0 saturated carbocycles. The second kappa shape index (κ2) is 11.5. The molecule has 1 amide bonds. The SMILES string of the molecule is Cc1cccc(CNC(=O)Cc2ccc(-c3cnc(OCCN4CCOCC4)nc3)cc2)c1. The molecule has 3 aromatic rings. The molecule has 7 nitrogen and oxygen atoms in total. The van der Waals surface area contributed by atoms with Gasteiger partial charge in [-0.1, -0.05) is 54.1 Å². The third-order valence-electron chi connectivity index (χ3n) is 5.59. The van der Waals surface area contributed by atoms with Gasteiger partial charge in [0.1, 0.15) is 6.61 Å². The fourth-order valence-corrected chi connectivity index (χ4v) is 3.72. The van der Waals surface area contributed by atoms with Crippen LogP contribution in [0.1, 0.15) is 16.7 Å². The van der Waals surface area contributed by atoms with E-state index in [2.05, 4.69) is 26.3 Å². The number of carbonyl (C=O) groups excluding carboxylic acids is 1. The van der Waals surface area contributed by atoms with E-state index in [0.29, 0.717) is 25.6 Å². The average Bonchev–Trinajstić information content (AvgIpc) is 2.85. The minimum absolute atomic E-state index is 0.00571. The summed E-state index contributed by atoms with van der Waals surface area (Å²) in [4.78, 5) is 23.3. The van der Waals surface area contributed by atoms with E-state index in [9.17, 15) is 4.79 Å². The van der Waals surface area contributed by atoms with Crippen LogP contribution in [0.2, 0.25) is 0 Å². The summed E-state index contributed by atoms with van der Waals surface area (Å²) in [6.45, 7) is 7.42. The number of amides is 1. The van der Waals surface area contributed by atoms with E-state index in [-0.39, 0.29) is 5.91 Å². The first-order chi connectivity index (χ1) is 16.2. The van der Waals surface area contributed by atoms with Gasteiger partial charge in [0.25, 0.3) is 0 Å². The molecule has 0 bridgehead atoms. The Labute approximate surface area is 194 Å². The zero-order chi connectivity index (χ0) is 22.9. The van der Waals surface area contributed by atoms with Crippen molar-refractivity contribution in [1.29, 1.82) is 0 Å². The van der Waals surface area contributed by atoms with Gasteiger partial charge in [-0.25, -0.2) is 9.97 Å². The van der Waals surface area contributed by atoms with Crippen molar-refractivity contribution < 1.29 is 14.3 Å². The molecular weight excluding hydrogens is 416 g/mol. The lowest BCUT2D eigenvalue weighted by atomic mass is 10.0. The summed E-state index contributed by atoms with van der Waals surface area (Å²) in [5, 5.41) is 2.98. The zero-order valence-corrected chi connectivity index (χ0v) is 19.0. The number of ether oxygens (including phenoxy) is 2. The van der Waals surface area contributed by atoms with Crippen LogP contribution in [0, 0.1) is 6.92 Å². The van der Waals surface area contributed by atoms with Crippen LogP contribution >= 0.6 is 0 Å². The molecule has 7 heteroatoms. The zero-order valence-electron chi connectivity index (χ0n) is 19.0. The number of aromatic nitrogens is 2. The molecule has 2 aromatic carbocycles. The van der Waals surface area contributed by atoms with Gasteiger partial charge in [-0.05, 0) is 23.6 Å². The number of nitrogens with zero attached hydrogens (tertiary/aromatic N) is 3. The highest BCUT2D eigenvalue weighted by atomic mass is 16.5. The van der Waals surface area contributed by atoms with Crippen molar-refractivity contribution in [1.82, 2.24) is 20.2 Å². The van der Waals surface area contributed by atoms with Crippen LogP contribution in [0.25, 0.3) is 11.1 Å². The first kappa shape index (κ1) is 22.9. The maximum atomic E-state index is 12.3. The number of carbonyl (C=O) groups is 1. The van der Waals surface area contributed by atoms with Crippen molar-refractivity contribution in [3.63, 3.8) is 0 Å². The first-order valence-electron chi connectivity index (χ1n) is 11.3. The van der Waals surface area contributed by atoms with Crippen molar-refractivity contribution in [2.45, 2.75) is 19.9 Å². The van der Waals surface area contributed by atoms with E-state index in [1.165, 1.54) is 5.56 Å². The Morgan fingerprint density at radius 3 is 2.52 bits per heavy atom. The normalized spacial score (nSPS) is 14.1. The molecule has 1 N–H and O–H groups in total. The van der Waals surface area contributed by atoms with Crippen LogP contribution in [-0.2, 0) is 22.5 Å². The van der Waals surface area contributed by atoms with Gasteiger partial charge in [0.2, 0.25) is 5.91 Å². The number of nitrogens with one attached hydrogen (secondary N) is 1. The Balaban J connectivity index is 1.23. The molecule has 1 saturated heterocycles. The Hall–Kier alpha value is -3.29. The van der Waals surface area contributed by atoms with E-state index in [0.717, 1.165) is 55.1 Å². The molecule has 1 fully saturated rings. The Bertz CT molecular complexity index is 1030. The summed E-state index contributed by atoms with van der Waals surface area (Å²) in [6.07, 6.45) is 3.87. The van der Waals surface area contributed by atoms with Crippen molar-refractivity contribution in [3.05, 3.63) is 77.6 Å². The van der Waals surface area contributed by atoms with Gasteiger partial charge in [-0.15, -0.1) is 0 Å². The second-order valence-corrected chi connectivity index (χ2v) is 8.20. The maximum absolute atomic E-state index is 12.3. The van der Waals surface area contributed by atoms with E-state index in [4.69, 9.17) is 9.47 Å². The quantitative estimate of drug-likeness (QED) is 0.545. The molecule has 1 aromatic heterocycles. The molecule has 1 aliphatic rings. The maximum Gasteiger partial charge on any atom is 0.316 e. The molecule has 0 radical (unpaired) electrons. The molecule has 2 heterocycles. The van der Waals surface area contributed by atoms with Gasteiger partial charge >= 0.3 is 6.01 Å². The molecule has 4 rings (SSSR count). The summed E-state index contributed by atoms with van der Waals surface area (Å²) < 4.78 is 11.0. The van der Waals surface area contributed by atoms with Crippen molar-refractivity contribution >= 4 is 5.91 Å². The highest BCUT2D eigenvalue weighted by Gasteiger charge is 2.10. The number of hydrogen-bond donors (Lipinski definition) is 1. The van der Waals surface area contributed by atoms with Crippen LogP contribution in [0.15, 0.2) is 60.9 Å². The summed E-state index contributed by atoms with van der Waals surface area (Å²) in [5.74, 6) is 0.00571. The van der Waals surface area contributed by atoms with E-state index in [1.807, 2.05) is 49.4 Å². The minimum atomic E-state index is 0.00571. The van der Waals surface area contributed by atoms with Crippen LogP contribution in [-0.4, -0.2) is 60.2 Å². The van der Waals surface area contributed by atoms with E-state index < -0.39 is 0 Å². The Kier molecular flexibility index (Phi) is 8.00. The van der Waals surface area contributed by atoms with Crippen LogP contribution in [0.5, 0.6) is 6.01 Å². The smallest absolute Gasteiger partial charge is 0.316 e. The number of aryl methyl sites for hydroxylation is 1. The van der Waals surface area contributed by atoms with Gasteiger partial charge in [0.05, 0.1) is 19.6 Å². The van der Waals surface area contributed by atoms with Gasteiger partial charge in [0.15, 0.2) is 0 Å². The predicted molar refractivity (Wildman–Crippen MR) is 127 cm³/mol. The molecule has 33 heavy (non-hydrogen) atoms. The van der Waals surface area contributed by atoms with Crippen LogP contribution in [0.3, 0.4) is 0 Å². The van der Waals surface area contributed by atoms with E-state index >= 15 is 0 Å². The lowest BCUT2D eigenvalue weighted by Crippen LogP contribution is -2.38. The van der Waals surface area contributed by atoms with Crippen molar-refractivity contribution in [3.8, 4) is 17.1 Å². The molecule has 0 atom stereocenters. The second-order valence-electron chi connectivity index (χ2n) is 8.20. The van der Waals surface area contributed by atoms with E-state index in [1.54, 1.807) is 12.4 Å². The van der Waals surface area contributed by atoms with Crippen molar-refractivity contribution in [2.24, 2.45) is 0 Å². The summed E-state index contributed by atoms with van der Waals surface area (Å²) in [7, 11) is 0. The highest BCUT2D eigenvalue weighted by molar-refractivity contribution is 5.78. The Morgan fingerprint density at radius 1 is 1.03 bits per heavy atom. The van der Waals surface area contributed by atoms with Crippen molar-refractivity contribution in [2.75, 3.05) is 39.5 Å². The fourth-order valence-electron chi connectivity index (χ4n) is 3.72. The third kappa shape index (κ3) is 7.10. The summed E-state index contributed by atoms with van der Waals surface area (Å²) in [6, 6.07) is 16.4. The predicted octanol–water partition coefficient (Wildman–Crippen LogP) is 3.02. The summed E-state index contributed by atoms with van der Waals surface area (Å²) >= 11 is 0. The molecular formula is C26H30N4O3. The van der Waals surface area contributed by atoms with Gasteiger partial charge in [-0.3, -0.25) is 9.69 Å². The molecule has 0 spiro atoms. The monoisotopic (exact) mass is 446 g/mol. The lowest BCUT2D eigenvalue weighted by Gasteiger charge is -2.26. The van der Waals surface area contributed by atoms with Crippen LogP contribution in [0.4, 0.5) is 0 Å². The van der Waals surface area contributed by atoms with Gasteiger partial charge in [-0.2, -0.15) is 0 Å². The largest absolute Gasteiger partial charge is 0.462 e. The molecule has 1 aliphatic heterocycles. The van der Waals surface area contributed by atoms with Gasteiger partial charge in [0, 0.05) is 44.1 Å².